The molecule has 2 rings (SSSR count). The molecular weight excluding hydrogens is 269 g/mol. The predicted molar refractivity (Wildman–Crippen MR) is 72.3 cm³/mol. The third-order valence-electron chi connectivity index (χ3n) is 2.54. The van der Waals surface area contributed by atoms with Crippen molar-refractivity contribution < 1.29 is 0 Å². The topological polar surface area (TPSA) is 62.7 Å². The molecule has 1 heterocycles. The fraction of sp³-hybridized carbons (Fsp3) is 0.0769. The lowest BCUT2D eigenvalue weighted by atomic mass is 9.95. The lowest BCUT2D eigenvalue weighted by molar-refractivity contribution is 0.883. The average molecular weight is 278 g/mol. The van der Waals surface area contributed by atoms with Crippen molar-refractivity contribution in [3.8, 4) is 6.07 Å². The number of rotatable bonds is 2. The van der Waals surface area contributed by atoms with Crippen molar-refractivity contribution in [1.29, 1.82) is 5.26 Å². The quantitative estimate of drug-likeness (QED) is 0.677. The summed E-state index contributed by atoms with van der Waals surface area (Å²) in [5.41, 5.74) is 7.05. The summed E-state index contributed by atoms with van der Waals surface area (Å²) < 4.78 is 0. The molecule has 0 aliphatic rings. The van der Waals surface area contributed by atoms with Crippen molar-refractivity contribution in [1.82, 2.24) is 4.98 Å². The Morgan fingerprint density at radius 2 is 2.06 bits per heavy atom. The van der Waals surface area contributed by atoms with Crippen LogP contribution in [0.4, 0.5) is 5.69 Å². The maximum atomic E-state index is 9.37. The number of pyridine rings is 1. The second-order valence-electron chi connectivity index (χ2n) is 3.72. The standard InChI is InChI=1S/C13H9Cl2N3/c14-11-7-9(17)4-5-10(11)13(15,8-16)12-3-1-2-6-18-12/h1-7H,17H2. The lowest BCUT2D eigenvalue weighted by Gasteiger charge is -2.20. The van der Waals surface area contributed by atoms with E-state index < -0.39 is 4.87 Å². The number of nitrogens with two attached hydrogens (primary N) is 1. The third-order valence-corrected chi connectivity index (χ3v) is 3.33. The van der Waals surface area contributed by atoms with Crippen LogP contribution in [0.3, 0.4) is 0 Å². The van der Waals surface area contributed by atoms with E-state index >= 15 is 0 Å². The molecule has 0 spiro atoms. The highest BCUT2D eigenvalue weighted by molar-refractivity contribution is 6.34. The van der Waals surface area contributed by atoms with E-state index in [0.717, 1.165) is 0 Å². The summed E-state index contributed by atoms with van der Waals surface area (Å²) in [4.78, 5) is 2.71. The van der Waals surface area contributed by atoms with Gasteiger partial charge in [-0.3, -0.25) is 4.98 Å². The Balaban J connectivity index is 2.62. The number of hydrogen-bond donors (Lipinski definition) is 1. The molecule has 5 heteroatoms. The van der Waals surface area contributed by atoms with E-state index in [4.69, 9.17) is 28.9 Å². The highest BCUT2D eigenvalue weighted by Crippen LogP contribution is 2.39. The SMILES string of the molecule is N#CC(Cl)(c1ccccn1)c1ccc(N)cc1Cl. The lowest BCUT2D eigenvalue weighted by Crippen LogP contribution is -2.20. The molecule has 0 fully saturated rings. The number of nitrogen functional groups attached to an aromatic ring is 1. The van der Waals surface area contributed by atoms with Crippen molar-refractivity contribution in [3.63, 3.8) is 0 Å². The largest absolute Gasteiger partial charge is 0.399 e. The van der Waals surface area contributed by atoms with E-state index in [1.54, 1.807) is 42.6 Å². The Bertz CT molecular complexity index is 607. The van der Waals surface area contributed by atoms with Gasteiger partial charge in [-0.1, -0.05) is 35.3 Å². The van der Waals surface area contributed by atoms with E-state index in [9.17, 15) is 5.26 Å². The maximum absolute atomic E-state index is 9.37. The zero-order valence-electron chi connectivity index (χ0n) is 9.27. The minimum absolute atomic E-state index is 0.345. The molecule has 0 saturated heterocycles. The van der Waals surface area contributed by atoms with E-state index in [1.165, 1.54) is 0 Å². The molecule has 2 aromatic rings. The van der Waals surface area contributed by atoms with Crippen LogP contribution in [-0.4, -0.2) is 4.98 Å². The minimum Gasteiger partial charge on any atom is -0.399 e. The van der Waals surface area contributed by atoms with Gasteiger partial charge in [-0.05, 0) is 24.3 Å². The Kier molecular flexibility index (Phi) is 3.42. The van der Waals surface area contributed by atoms with Crippen LogP contribution in [-0.2, 0) is 4.87 Å². The van der Waals surface area contributed by atoms with Crippen molar-refractivity contribution in [2.24, 2.45) is 0 Å². The van der Waals surface area contributed by atoms with Gasteiger partial charge in [-0.15, -0.1) is 0 Å². The van der Waals surface area contributed by atoms with Gasteiger partial charge in [-0.2, -0.15) is 5.26 Å². The Morgan fingerprint density at radius 3 is 2.61 bits per heavy atom. The Labute approximate surface area is 115 Å². The summed E-state index contributed by atoms with van der Waals surface area (Å²) in [6, 6.07) is 12.1. The van der Waals surface area contributed by atoms with Crippen LogP contribution in [0.5, 0.6) is 0 Å². The molecule has 2 N–H and O–H groups in total. The zero-order valence-corrected chi connectivity index (χ0v) is 10.8. The Morgan fingerprint density at radius 1 is 1.28 bits per heavy atom. The first-order valence-electron chi connectivity index (χ1n) is 5.15. The molecule has 1 aromatic heterocycles. The van der Waals surface area contributed by atoms with Gasteiger partial charge in [0.1, 0.15) is 0 Å². The molecule has 0 bridgehead atoms. The first kappa shape index (κ1) is 12.7. The van der Waals surface area contributed by atoms with Gasteiger partial charge < -0.3 is 5.73 Å². The smallest absolute Gasteiger partial charge is 0.198 e. The molecule has 1 unspecified atom stereocenters. The van der Waals surface area contributed by atoms with Crippen LogP contribution >= 0.6 is 23.2 Å². The van der Waals surface area contributed by atoms with Gasteiger partial charge in [0.25, 0.3) is 0 Å². The molecule has 90 valence electrons. The fourth-order valence-electron chi connectivity index (χ4n) is 1.63. The van der Waals surface area contributed by atoms with Gasteiger partial charge in [0, 0.05) is 22.5 Å². The van der Waals surface area contributed by atoms with E-state index in [0.29, 0.717) is 22.0 Å². The number of anilines is 1. The van der Waals surface area contributed by atoms with Crippen molar-refractivity contribution in [2.75, 3.05) is 5.73 Å². The van der Waals surface area contributed by atoms with Gasteiger partial charge in [0.2, 0.25) is 0 Å². The first-order chi connectivity index (χ1) is 8.58. The Hall–Kier alpha value is -1.76. The van der Waals surface area contributed by atoms with E-state index in [-0.39, 0.29) is 0 Å². The van der Waals surface area contributed by atoms with Crippen molar-refractivity contribution >= 4 is 28.9 Å². The molecule has 0 amide bonds. The van der Waals surface area contributed by atoms with Crippen LogP contribution in [0.25, 0.3) is 0 Å². The van der Waals surface area contributed by atoms with Crippen LogP contribution in [0.15, 0.2) is 42.6 Å². The normalized spacial score (nSPS) is 13.6. The second-order valence-corrected chi connectivity index (χ2v) is 4.70. The van der Waals surface area contributed by atoms with Gasteiger partial charge in [-0.25, -0.2) is 0 Å². The van der Waals surface area contributed by atoms with Crippen molar-refractivity contribution in [2.45, 2.75) is 4.87 Å². The summed E-state index contributed by atoms with van der Waals surface area (Å²) in [6.45, 7) is 0. The predicted octanol–water partition coefficient (Wildman–Crippen LogP) is 3.32. The fourth-order valence-corrected chi connectivity index (χ4v) is 2.29. The molecular formula is C13H9Cl2N3. The number of benzene rings is 1. The number of halogens is 2. The van der Waals surface area contributed by atoms with E-state index in [2.05, 4.69) is 4.98 Å². The van der Waals surface area contributed by atoms with Crippen LogP contribution in [0.2, 0.25) is 5.02 Å². The van der Waals surface area contributed by atoms with Crippen molar-refractivity contribution in [3.05, 3.63) is 58.9 Å². The summed E-state index contributed by atoms with van der Waals surface area (Å²) in [6.07, 6.45) is 1.58. The summed E-state index contributed by atoms with van der Waals surface area (Å²) in [7, 11) is 0. The summed E-state index contributed by atoms with van der Waals surface area (Å²) in [5, 5.41) is 9.72. The number of alkyl halides is 1. The maximum Gasteiger partial charge on any atom is 0.198 e. The number of hydrogen-bond acceptors (Lipinski definition) is 3. The average Bonchev–Trinajstić information content (AvgIpc) is 2.39. The molecule has 1 atom stereocenters. The number of aromatic nitrogens is 1. The summed E-state index contributed by atoms with van der Waals surface area (Å²) >= 11 is 12.5. The van der Waals surface area contributed by atoms with Gasteiger partial charge in [0.15, 0.2) is 4.87 Å². The molecule has 0 saturated carbocycles. The van der Waals surface area contributed by atoms with Crippen LogP contribution in [0, 0.1) is 11.3 Å². The zero-order chi connectivity index (χ0) is 13.2. The first-order valence-corrected chi connectivity index (χ1v) is 5.90. The molecule has 0 radical (unpaired) electrons. The van der Waals surface area contributed by atoms with Crippen LogP contribution in [0.1, 0.15) is 11.3 Å². The molecule has 3 nitrogen and oxygen atoms in total. The number of nitrogens with zero attached hydrogens (tertiary/aromatic N) is 2. The minimum atomic E-state index is -1.41. The second kappa shape index (κ2) is 4.85. The molecule has 0 aliphatic heterocycles. The highest BCUT2D eigenvalue weighted by atomic mass is 35.5. The molecule has 0 aliphatic carbocycles. The molecule has 18 heavy (non-hydrogen) atoms. The van der Waals surface area contributed by atoms with Gasteiger partial charge >= 0.3 is 0 Å². The summed E-state index contributed by atoms with van der Waals surface area (Å²) in [5.74, 6) is 0. The number of nitriles is 1. The van der Waals surface area contributed by atoms with Crippen LogP contribution < -0.4 is 5.73 Å². The molecule has 1 aromatic carbocycles. The van der Waals surface area contributed by atoms with E-state index in [1.807, 2.05) is 6.07 Å². The third kappa shape index (κ3) is 2.13. The van der Waals surface area contributed by atoms with Gasteiger partial charge in [0.05, 0.1) is 11.8 Å². The monoisotopic (exact) mass is 277 g/mol. The highest BCUT2D eigenvalue weighted by Gasteiger charge is 2.35.